The maximum absolute atomic E-state index is 12.6. The molecule has 6 nitrogen and oxygen atoms in total. The molecule has 14 heteroatoms. The van der Waals surface area contributed by atoms with E-state index < -0.39 is 28.1 Å². The highest BCUT2D eigenvalue weighted by Crippen LogP contribution is 2.29. The first-order valence-electron chi connectivity index (χ1n) is 8.55. The molecule has 28 heavy (non-hydrogen) atoms. The Hall–Kier alpha value is -0.510. The third-order valence-electron chi connectivity index (χ3n) is 3.91. The van der Waals surface area contributed by atoms with E-state index in [0.29, 0.717) is 16.8 Å². The summed E-state index contributed by atoms with van der Waals surface area (Å²) in [6.07, 6.45) is -4.55. The van der Waals surface area contributed by atoms with E-state index in [1.807, 2.05) is 0 Å². The summed E-state index contributed by atoms with van der Waals surface area (Å²) in [5.41, 5.74) is -5.32. The van der Waals surface area contributed by atoms with Crippen LogP contribution in [0.5, 0.6) is 0 Å². The molecule has 0 radical (unpaired) electrons. The molecule has 0 aromatic carbocycles. The fraction of sp³-hybridized carbons (Fsp3) is 0.929. The zero-order chi connectivity index (χ0) is 20.7. The van der Waals surface area contributed by atoms with Crippen LogP contribution in [0.4, 0.5) is 26.3 Å². The molecule has 1 saturated heterocycles. The molecule has 0 atom stereocenters. The minimum Gasteiger partial charge on any atom is -0.357 e. The van der Waals surface area contributed by atoms with Crippen LogP contribution in [0, 0.1) is 0 Å². The lowest BCUT2D eigenvalue weighted by molar-refractivity contribution is -0.135. The smallest absolute Gasteiger partial charge is 0.357 e. The number of hydrogen-bond donors (Lipinski definition) is 2. The monoisotopic (exact) mass is 554 g/mol. The lowest BCUT2D eigenvalue weighted by Gasteiger charge is -2.32. The molecule has 0 saturated carbocycles. The quantitative estimate of drug-likeness (QED) is 0.167. The standard InChI is InChI=1S/C14H24F6N4O2S.HI/c1-2-21-12(22-8-4-3-7-13(15,16)17)23-11-5-9-24(10-6-11)27(25,26)14(18,19)20;/h11H,2-10H2,1H3,(H2,21,22,23);1H. The molecule has 168 valence electrons. The third kappa shape index (κ3) is 9.33. The fourth-order valence-corrected chi connectivity index (χ4v) is 3.51. The second kappa shape index (κ2) is 11.6. The molecular formula is C14H25F6IN4O2S. The molecule has 0 aromatic heterocycles. The Kier molecular flexibility index (Phi) is 11.4. The van der Waals surface area contributed by atoms with Crippen LogP contribution in [0.15, 0.2) is 4.99 Å². The molecular weight excluding hydrogens is 529 g/mol. The SMILES string of the molecule is CCNC(=NCCCCC(F)(F)F)NC1CCN(S(=O)(=O)C(F)(F)F)CC1.I. The van der Waals surface area contributed by atoms with Crippen LogP contribution in [0.3, 0.4) is 0 Å². The van der Waals surface area contributed by atoms with Gasteiger partial charge < -0.3 is 10.6 Å². The zero-order valence-electron chi connectivity index (χ0n) is 15.2. The van der Waals surface area contributed by atoms with E-state index in [1.54, 1.807) is 6.92 Å². The topological polar surface area (TPSA) is 73.8 Å². The van der Waals surface area contributed by atoms with E-state index in [0.717, 1.165) is 0 Å². The number of sulfonamides is 1. The summed E-state index contributed by atoms with van der Waals surface area (Å²) in [5, 5.41) is 5.90. The van der Waals surface area contributed by atoms with E-state index in [4.69, 9.17) is 0 Å². The number of rotatable bonds is 7. The summed E-state index contributed by atoms with van der Waals surface area (Å²) in [4.78, 5) is 4.15. The molecule has 0 aromatic rings. The second-order valence-corrected chi connectivity index (χ2v) is 8.03. The van der Waals surface area contributed by atoms with Crippen molar-refractivity contribution in [2.24, 2.45) is 4.99 Å². The first kappa shape index (κ1) is 27.5. The van der Waals surface area contributed by atoms with Crippen molar-refractivity contribution in [1.29, 1.82) is 0 Å². The van der Waals surface area contributed by atoms with Crippen LogP contribution in [-0.4, -0.2) is 62.6 Å². The summed E-state index contributed by atoms with van der Waals surface area (Å²) in [6.45, 7) is 1.91. The summed E-state index contributed by atoms with van der Waals surface area (Å²) in [5.74, 6) is 0.349. The molecule has 2 N–H and O–H groups in total. The summed E-state index contributed by atoms with van der Waals surface area (Å²) in [6, 6.07) is -0.280. The van der Waals surface area contributed by atoms with Crippen LogP contribution in [0.25, 0.3) is 0 Å². The average Bonchev–Trinajstić information content (AvgIpc) is 2.53. The average molecular weight is 554 g/mol. The van der Waals surface area contributed by atoms with Gasteiger partial charge in [-0.25, -0.2) is 8.42 Å². The number of nitrogens with one attached hydrogen (secondary N) is 2. The van der Waals surface area contributed by atoms with Crippen LogP contribution in [0.1, 0.15) is 39.0 Å². The van der Waals surface area contributed by atoms with Gasteiger partial charge in [-0.05, 0) is 32.6 Å². The molecule has 0 aliphatic carbocycles. The predicted octanol–water partition coefficient (Wildman–Crippen LogP) is 3.21. The normalized spacial score (nSPS) is 17.9. The Bertz CT molecular complexity index is 590. The lowest BCUT2D eigenvalue weighted by atomic mass is 10.1. The van der Waals surface area contributed by atoms with E-state index in [2.05, 4.69) is 15.6 Å². The number of halogens is 7. The Labute approximate surface area is 177 Å². The highest BCUT2D eigenvalue weighted by molar-refractivity contribution is 14.0. The van der Waals surface area contributed by atoms with Gasteiger partial charge in [0.25, 0.3) is 0 Å². The van der Waals surface area contributed by atoms with Crippen LogP contribution in [-0.2, 0) is 10.0 Å². The molecule has 0 unspecified atom stereocenters. The highest BCUT2D eigenvalue weighted by atomic mass is 127. The predicted molar refractivity (Wildman–Crippen MR) is 104 cm³/mol. The van der Waals surface area contributed by atoms with Gasteiger partial charge in [-0.1, -0.05) is 0 Å². The Morgan fingerprint density at radius 3 is 2.14 bits per heavy atom. The van der Waals surface area contributed by atoms with Crippen LogP contribution in [0.2, 0.25) is 0 Å². The number of hydrogen-bond acceptors (Lipinski definition) is 3. The van der Waals surface area contributed by atoms with Gasteiger partial charge in [-0.3, -0.25) is 4.99 Å². The minimum absolute atomic E-state index is 0. The molecule has 0 spiro atoms. The van der Waals surface area contributed by atoms with Gasteiger partial charge in [0.05, 0.1) is 0 Å². The molecule has 1 rings (SSSR count). The number of guanidine groups is 1. The van der Waals surface area contributed by atoms with Gasteiger partial charge in [-0.15, -0.1) is 24.0 Å². The maximum atomic E-state index is 12.6. The Morgan fingerprint density at radius 1 is 1.11 bits per heavy atom. The number of unbranched alkanes of at least 4 members (excludes halogenated alkanes) is 1. The van der Waals surface area contributed by atoms with Gasteiger partial charge in [0.2, 0.25) is 0 Å². The van der Waals surface area contributed by atoms with E-state index in [1.165, 1.54) is 0 Å². The molecule has 1 heterocycles. The zero-order valence-corrected chi connectivity index (χ0v) is 18.4. The third-order valence-corrected chi connectivity index (χ3v) is 5.54. The van der Waals surface area contributed by atoms with Crippen molar-refractivity contribution in [2.75, 3.05) is 26.2 Å². The largest absolute Gasteiger partial charge is 0.511 e. The fourth-order valence-electron chi connectivity index (χ4n) is 2.53. The minimum atomic E-state index is -5.33. The summed E-state index contributed by atoms with van der Waals surface area (Å²) >= 11 is 0. The van der Waals surface area contributed by atoms with Gasteiger partial charge in [0.15, 0.2) is 5.96 Å². The Balaban J connectivity index is 0.00000729. The van der Waals surface area contributed by atoms with Gasteiger partial charge >= 0.3 is 21.7 Å². The van der Waals surface area contributed by atoms with Crippen LogP contribution >= 0.6 is 24.0 Å². The first-order valence-corrected chi connectivity index (χ1v) is 9.99. The maximum Gasteiger partial charge on any atom is 0.511 e. The summed E-state index contributed by atoms with van der Waals surface area (Å²) < 4.78 is 97.1. The van der Waals surface area contributed by atoms with Crippen molar-refractivity contribution in [3.63, 3.8) is 0 Å². The van der Waals surface area contributed by atoms with Crippen molar-refractivity contribution in [3.05, 3.63) is 0 Å². The van der Waals surface area contributed by atoms with E-state index in [9.17, 15) is 34.8 Å². The van der Waals surface area contributed by atoms with Gasteiger partial charge in [0, 0.05) is 38.6 Å². The van der Waals surface area contributed by atoms with Crippen molar-refractivity contribution in [2.45, 2.75) is 56.8 Å². The van der Waals surface area contributed by atoms with Crippen molar-refractivity contribution in [1.82, 2.24) is 14.9 Å². The molecule has 0 bridgehead atoms. The molecule has 1 fully saturated rings. The van der Waals surface area contributed by atoms with E-state index in [-0.39, 0.29) is 75.3 Å². The molecule has 1 aliphatic heterocycles. The second-order valence-electron chi connectivity index (χ2n) is 6.10. The molecule has 0 amide bonds. The first-order chi connectivity index (χ1) is 12.4. The van der Waals surface area contributed by atoms with Gasteiger partial charge in [0.1, 0.15) is 0 Å². The van der Waals surface area contributed by atoms with Gasteiger partial charge in [-0.2, -0.15) is 30.6 Å². The summed E-state index contributed by atoms with van der Waals surface area (Å²) in [7, 11) is -5.33. The number of piperidine rings is 1. The number of nitrogens with zero attached hydrogens (tertiary/aromatic N) is 2. The van der Waals surface area contributed by atoms with Crippen molar-refractivity contribution < 1.29 is 34.8 Å². The Morgan fingerprint density at radius 2 is 1.68 bits per heavy atom. The van der Waals surface area contributed by atoms with Crippen molar-refractivity contribution >= 4 is 40.0 Å². The number of alkyl halides is 6. The van der Waals surface area contributed by atoms with Crippen LogP contribution < -0.4 is 10.6 Å². The lowest BCUT2D eigenvalue weighted by Crippen LogP contribution is -2.51. The van der Waals surface area contributed by atoms with E-state index >= 15 is 0 Å². The number of aliphatic imine (C=N–C) groups is 1. The molecule has 1 aliphatic rings. The van der Waals surface area contributed by atoms with Crippen molar-refractivity contribution in [3.8, 4) is 0 Å². The highest BCUT2D eigenvalue weighted by Gasteiger charge is 2.50.